The largest absolute Gasteiger partial charge is 0.481 e. The van der Waals surface area contributed by atoms with Gasteiger partial charge in [-0.3, -0.25) is 9.59 Å². The second-order valence-electron chi connectivity index (χ2n) is 6.39. The molecule has 25 heavy (non-hydrogen) atoms. The van der Waals surface area contributed by atoms with Crippen LogP contribution in [0.3, 0.4) is 0 Å². The third-order valence-electron chi connectivity index (χ3n) is 4.74. The van der Waals surface area contributed by atoms with Gasteiger partial charge in [-0.2, -0.15) is 4.98 Å². The topological polar surface area (TPSA) is 78.9 Å². The molecular weight excluding hydrogens is 322 g/mol. The Bertz CT molecular complexity index is 616. The maximum Gasteiger partial charge on any atom is 0.242 e. The summed E-state index contributed by atoms with van der Waals surface area (Å²) in [5.74, 6) is 1.29. The maximum absolute atomic E-state index is 12.5. The molecule has 2 aliphatic rings. The van der Waals surface area contributed by atoms with E-state index in [0.717, 1.165) is 19.3 Å². The first-order valence-electron chi connectivity index (χ1n) is 8.85. The standard InChI is InChI=1S/C17H25N5O3/c1-25-14-6-7-18-17(19-14)21-11-9-20(10-12-21)16(24)13-22-8-4-2-3-5-15(22)23/h6-7H,2-5,8-13H2,1H3. The van der Waals surface area contributed by atoms with Gasteiger partial charge < -0.3 is 19.4 Å². The van der Waals surface area contributed by atoms with Gasteiger partial charge in [-0.1, -0.05) is 6.42 Å². The molecule has 0 aromatic carbocycles. The molecule has 2 fully saturated rings. The highest BCUT2D eigenvalue weighted by Gasteiger charge is 2.26. The molecule has 0 N–H and O–H groups in total. The lowest BCUT2D eigenvalue weighted by molar-refractivity contribution is -0.140. The number of amides is 2. The Hall–Kier alpha value is -2.38. The van der Waals surface area contributed by atoms with Crippen molar-refractivity contribution in [1.29, 1.82) is 0 Å². The predicted octanol–water partition coefficient (Wildman–Crippen LogP) is 0.536. The molecule has 0 bridgehead atoms. The van der Waals surface area contributed by atoms with Gasteiger partial charge in [0.2, 0.25) is 23.6 Å². The fourth-order valence-corrected chi connectivity index (χ4v) is 3.22. The molecule has 3 rings (SSSR count). The summed E-state index contributed by atoms with van der Waals surface area (Å²) in [6.45, 7) is 3.47. The van der Waals surface area contributed by atoms with Crippen LogP contribution in [-0.4, -0.2) is 78.0 Å². The number of likely N-dealkylation sites (tertiary alicyclic amines) is 1. The summed E-state index contributed by atoms with van der Waals surface area (Å²) in [5.41, 5.74) is 0. The van der Waals surface area contributed by atoms with E-state index in [9.17, 15) is 9.59 Å². The highest BCUT2D eigenvalue weighted by molar-refractivity contribution is 5.85. The van der Waals surface area contributed by atoms with E-state index in [1.807, 2.05) is 9.80 Å². The number of nitrogens with zero attached hydrogens (tertiary/aromatic N) is 5. The van der Waals surface area contributed by atoms with Crippen molar-refractivity contribution >= 4 is 17.8 Å². The van der Waals surface area contributed by atoms with Gasteiger partial charge in [0.25, 0.3) is 0 Å². The molecule has 2 saturated heterocycles. The van der Waals surface area contributed by atoms with Crippen LogP contribution >= 0.6 is 0 Å². The molecule has 0 unspecified atom stereocenters. The minimum Gasteiger partial charge on any atom is -0.481 e. The van der Waals surface area contributed by atoms with E-state index in [1.54, 1.807) is 24.3 Å². The van der Waals surface area contributed by atoms with E-state index in [2.05, 4.69) is 9.97 Å². The molecule has 2 amide bonds. The van der Waals surface area contributed by atoms with Crippen molar-refractivity contribution in [2.24, 2.45) is 0 Å². The van der Waals surface area contributed by atoms with Crippen molar-refractivity contribution in [3.8, 4) is 5.88 Å². The number of rotatable bonds is 4. The molecule has 1 aromatic rings. The SMILES string of the molecule is COc1ccnc(N2CCN(C(=O)CN3CCCCCC3=O)CC2)n1. The highest BCUT2D eigenvalue weighted by atomic mass is 16.5. The monoisotopic (exact) mass is 347 g/mol. The second kappa shape index (κ2) is 8.13. The van der Waals surface area contributed by atoms with Crippen LogP contribution in [0.2, 0.25) is 0 Å². The van der Waals surface area contributed by atoms with Crippen LogP contribution in [0.25, 0.3) is 0 Å². The quantitative estimate of drug-likeness (QED) is 0.791. The Morgan fingerprint density at radius 1 is 1.16 bits per heavy atom. The summed E-state index contributed by atoms with van der Waals surface area (Å²) in [6, 6.07) is 1.71. The first-order valence-corrected chi connectivity index (χ1v) is 8.85. The van der Waals surface area contributed by atoms with Crippen LogP contribution in [-0.2, 0) is 9.59 Å². The van der Waals surface area contributed by atoms with Crippen molar-refractivity contribution < 1.29 is 14.3 Å². The molecule has 0 aliphatic carbocycles. The lowest BCUT2D eigenvalue weighted by Gasteiger charge is -2.35. The van der Waals surface area contributed by atoms with E-state index in [0.29, 0.717) is 51.0 Å². The average Bonchev–Trinajstić information content (AvgIpc) is 2.86. The Morgan fingerprint density at radius 3 is 2.72 bits per heavy atom. The van der Waals surface area contributed by atoms with Gasteiger partial charge in [-0.05, 0) is 12.8 Å². The summed E-state index contributed by atoms with van der Waals surface area (Å²) in [6.07, 6.45) is 5.22. The summed E-state index contributed by atoms with van der Waals surface area (Å²) >= 11 is 0. The first kappa shape index (κ1) is 17.4. The van der Waals surface area contributed by atoms with E-state index < -0.39 is 0 Å². The Morgan fingerprint density at radius 2 is 1.96 bits per heavy atom. The van der Waals surface area contributed by atoms with Crippen LogP contribution in [0.5, 0.6) is 5.88 Å². The van der Waals surface area contributed by atoms with Crippen molar-refractivity contribution in [1.82, 2.24) is 19.8 Å². The zero-order valence-electron chi connectivity index (χ0n) is 14.7. The summed E-state index contributed by atoms with van der Waals surface area (Å²) < 4.78 is 5.13. The second-order valence-corrected chi connectivity index (χ2v) is 6.39. The molecule has 136 valence electrons. The number of aromatic nitrogens is 2. The van der Waals surface area contributed by atoms with Gasteiger partial charge >= 0.3 is 0 Å². The molecule has 2 aliphatic heterocycles. The van der Waals surface area contributed by atoms with E-state index in [4.69, 9.17) is 4.74 Å². The molecule has 0 radical (unpaired) electrons. The maximum atomic E-state index is 12.5. The number of hydrogen-bond donors (Lipinski definition) is 0. The molecule has 1 aromatic heterocycles. The zero-order chi connectivity index (χ0) is 17.6. The fraction of sp³-hybridized carbons (Fsp3) is 0.647. The van der Waals surface area contributed by atoms with Crippen LogP contribution < -0.4 is 9.64 Å². The lowest BCUT2D eigenvalue weighted by atomic mass is 10.2. The summed E-state index contributed by atoms with van der Waals surface area (Å²) in [4.78, 5) is 38.8. The average molecular weight is 347 g/mol. The first-order chi connectivity index (χ1) is 12.2. The number of carbonyl (C=O) groups excluding carboxylic acids is 2. The Kier molecular flexibility index (Phi) is 5.67. The van der Waals surface area contributed by atoms with Crippen molar-refractivity contribution in [3.05, 3.63) is 12.3 Å². The normalized spacial score (nSPS) is 18.9. The van der Waals surface area contributed by atoms with Crippen molar-refractivity contribution in [2.45, 2.75) is 25.7 Å². The van der Waals surface area contributed by atoms with Crippen molar-refractivity contribution in [2.75, 3.05) is 51.3 Å². The number of piperazine rings is 1. The Labute approximate surface area is 147 Å². The summed E-state index contributed by atoms with van der Waals surface area (Å²) in [7, 11) is 1.58. The molecule has 8 heteroatoms. The van der Waals surface area contributed by atoms with Gasteiger partial charge in [0, 0.05) is 51.4 Å². The van der Waals surface area contributed by atoms with Gasteiger partial charge in [-0.25, -0.2) is 4.98 Å². The third-order valence-corrected chi connectivity index (χ3v) is 4.74. The molecule has 0 spiro atoms. The van der Waals surface area contributed by atoms with Crippen LogP contribution in [0.1, 0.15) is 25.7 Å². The minimum absolute atomic E-state index is 0.0291. The third kappa shape index (κ3) is 4.37. The number of anilines is 1. The number of hydrogen-bond acceptors (Lipinski definition) is 6. The van der Waals surface area contributed by atoms with Crippen LogP contribution in [0, 0.1) is 0 Å². The molecule has 0 saturated carbocycles. The van der Waals surface area contributed by atoms with E-state index in [1.165, 1.54) is 0 Å². The lowest BCUT2D eigenvalue weighted by Crippen LogP contribution is -2.52. The molecule has 3 heterocycles. The number of methoxy groups -OCH3 is 1. The van der Waals surface area contributed by atoms with Gasteiger partial charge in [0.15, 0.2) is 0 Å². The molecule has 8 nitrogen and oxygen atoms in total. The van der Waals surface area contributed by atoms with E-state index >= 15 is 0 Å². The molecule has 0 atom stereocenters. The van der Waals surface area contributed by atoms with Crippen molar-refractivity contribution in [3.63, 3.8) is 0 Å². The summed E-state index contributed by atoms with van der Waals surface area (Å²) in [5, 5.41) is 0. The van der Waals surface area contributed by atoms with E-state index in [-0.39, 0.29) is 18.4 Å². The van der Waals surface area contributed by atoms with Gasteiger partial charge in [-0.15, -0.1) is 0 Å². The minimum atomic E-state index is 0.0291. The van der Waals surface area contributed by atoms with Crippen LogP contribution in [0.15, 0.2) is 12.3 Å². The zero-order valence-corrected chi connectivity index (χ0v) is 14.7. The fourth-order valence-electron chi connectivity index (χ4n) is 3.22. The van der Waals surface area contributed by atoms with Crippen LogP contribution in [0.4, 0.5) is 5.95 Å². The van der Waals surface area contributed by atoms with Gasteiger partial charge in [0.1, 0.15) is 0 Å². The molecular formula is C17H25N5O3. The number of ether oxygens (including phenoxy) is 1. The predicted molar refractivity (Wildman–Crippen MR) is 92.4 cm³/mol. The van der Waals surface area contributed by atoms with Gasteiger partial charge in [0.05, 0.1) is 13.7 Å². The highest BCUT2D eigenvalue weighted by Crippen LogP contribution is 2.15. The Balaban J connectivity index is 1.52. The number of carbonyl (C=O) groups is 2. The smallest absolute Gasteiger partial charge is 0.242 e.